The zero-order valence-corrected chi connectivity index (χ0v) is 21.9. The monoisotopic (exact) mass is 490 g/mol. The molecule has 2 aliphatic rings. The molecule has 0 unspecified atom stereocenters. The highest BCUT2D eigenvalue weighted by Gasteiger charge is 2.35. The number of furan rings is 1. The van der Waals surface area contributed by atoms with Gasteiger partial charge in [0.2, 0.25) is 0 Å². The SMILES string of the molecule is CC(C)c1ccc(CN2CCC(O)(c3ccc4oc(C(=O)N5C[C@@H](C)O[C@@H](C)C5)cc4c3)CC2)cc1. The third kappa shape index (κ3) is 5.22. The number of morpholine rings is 1. The van der Waals surface area contributed by atoms with E-state index < -0.39 is 5.60 Å². The summed E-state index contributed by atoms with van der Waals surface area (Å²) in [5.41, 5.74) is 3.36. The number of hydrogen-bond donors (Lipinski definition) is 1. The molecule has 2 aliphatic heterocycles. The molecule has 2 fully saturated rings. The van der Waals surface area contributed by atoms with E-state index in [4.69, 9.17) is 9.15 Å². The van der Waals surface area contributed by atoms with Crippen LogP contribution in [0.1, 0.15) is 73.7 Å². The Morgan fingerprint density at radius 1 is 1.03 bits per heavy atom. The van der Waals surface area contributed by atoms with Crippen LogP contribution in [0.5, 0.6) is 0 Å². The molecular formula is C30H38N2O4. The molecule has 3 aromatic rings. The van der Waals surface area contributed by atoms with E-state index in [0.717, 1.165) is 30.6 Å². The Hall–Kier alpha value is -2.67. The summed E-state index contributed by atoms with van der Waals surface area (Å²) in [7, 11) is 0. The Morgan fingerprint density at radius 2 is 1.69 bits per heavy atom. The fraction of sp³-hybridized carbons (Fsp3) is 0.500. The summed E-state index contributed by atoms with van der Waals surface area (Å²) in [6.07, 6.45) is 1.37. The molecule has 0 aliphatic carbocycles. The van der Waals surface area contributed by atoms with E-state index >= 15 is 0 Å². The topological polar surface area (TPSA) is 66.2 Å². The van der Waals surface area contributed by atoms with Crippen LogP contribution in [-0.4, -0.2) is 59.2 Å². The lowest BCUT2D eigenvalue weighted by Gasteiger charge is -2.38. The van der Waals surface area contributed by atoms with Gasteiger partial charge in [-0.2, -0.15) is 0 Å². The van der Waals surface area contributed by atoms with Crippen LogP contribution in [0.4, 0.5) is 0 Å². The van der Waals surface area contributed by atoms with Gasteiger partial charge in [0.15, 0.2) is 5.76 Å². The number of rotatable bonds is 5. The lowest BCUT2D eigenvalue weighted by Crippen LogP contribution is -2.48. The Morgan fingerprint density at radius 3 is 2.33 bits per heavy atom. The smallest absolute Gasteiger partial charge is 0.289 e. The van der Waals surface area contributed by atoms with Crippen molar-refractivity contribution < 1.29 is 19.1 Å². The van der Waals surface area contributed by atoms with Crippen LogP contribution in [0.15, 0.2) is 52.9 Å². The molecule has 2 saturated heterocycles. The number of benzene rings is 2. The van der Waals surface area contributed by atoms with Gasteiger partial charge in [-0.05, 0) is 67.5 Å². The molecule has 6 nitrogen and oxygen atoms in total. The van der Waals surface area contributed by atoms with Crippen LogP contribution >= 0.6 is 0 Å². The first kappa shape index (κ1) is 25.0. The summed E-state index contributed by atoms with van der Waals surface area (Å²) in [5.74, 6) is 0.773. The van der Waals surface area contributed by atoms with Crippen LogP contribution in [0, 0.1) is 0 Å². The predicted molar refractivity (Wildman–Crippen MR) is 141 cm³/mol. The minimum Gasteiger partial charge on any atom is -0.451 e. The van der Waals surface area contributed by atoms with Gasteiger partial charge in [0.05, 0.1) is 17.8 Å². The largest absolute Gasteiger partial charge is 0.451 e. The summed E-state index contributed by atoms with van der Waals surface area (Å²) in [6.45, 7) is 12.1. The van der Waals surface area contributed by atoms with Gasteiger partial charge in [-0.3, -0.25) is 9.69 Å². The average Bonchev–Trinajstić information content (AvgIpc) is 3.28. The highest BCUT2D eigenvalue weighted by atomic mass is 16.5. The molecule has 192 valence electrons. The molecule has 0 bridgehead atoms. The number of fused-ring (bicyclic) bond motifs is 1. The number of aliphatic hydroxyl groups is 1. The second kappa shape index (κ2) is 10.0. The van der Waals surface area contributed by atoms with Gasteiger partial charge in [-0.1, -0.05) is 44.2 Å². The van der Waals surface area contributed by atoms with Gasteiger partial charge in [0.25, 0.3) is 5.91 Å². The first-order valence-electron chi connectivity index (χ1n) is 13.2. The molecule has 0 spiro atoms. The molecule has 6 heteroatoms. The lowest BCUT2D eigenvalue weighted by molar-refractivity contribution is -0.0591. The summed E-state index contributed by atoms with van der Waals surface area (Å²) in [6, 6.07) is 16.5. The Labute approximate surface area is 213 Å². The zero-order chi connectivity index (χ0) is 25.4. The zero-order valence-electron chi connectivity index (χ0n) is 21.9. The first-order valence-corrected chi connectivity index (χ1v) is 13.2. The van der Waals surface area contributed by atoms with Crippen LogP contribution in [0.3, 0.4) is 0 Å². The maximum Gasteiger partial charge on any atom is 0.289 e. The quantitative estimate of drug-likeness (QED) is 0.527. The summed E-state index contributed by atoms with van der Waals surface area (Å²) in [4.78, 5) is 17.3. The van der Waals surface area contributed by atoms with Crippen LogP contribution in [0.25, 0.3) is 11.0 Å². The van der Waals surface area contributed by atoms with Gasteiger partial charge in [-0.15, -0.1) is 0 Å². The molecule has 1 aromatic heterocycles. The maximum absolute atomic E-state index is 13.1. The fourth-order valence-electron chi connectivity index (χ4n) is 5.57. The van der Waals surface area contributed by atoms with Gasteiger partial charge in [-0.25, -0.2) is 0 Å². The minimum atomic E-state index is -0.872. The molecule has 1 amide bonds. The van der Waals surface area contributed by atoms with Crippen molar-refractivity contribution >= 4 is 16.9 Å². The molecule has 3 heterocycles. The van der Waals surface area contributed by atoms with E-state index in [1.54, 1.807) is 4.90 Å². The van der Waals surface area contributed by atoms with Gasteiger partial charge < -0.3 is 19.2 Å². The van der Waals surface area contributed by atoms with Crippen LogP contribution in [-0.2, 0) is 16.9 Å². The van der Waals surface area contributed by atoms with Crippen molar-refractivity contribution in [2.45, 2.75) is 70.8 Å². The molecule has 5 rings (SSSR count). The Kier molecular flexibility index (Phi) is 6.95. The van der Waals surface area contributed by atoms with Gasteiger partial charge in [0, 0.05) is 38.1 Å². The van der Waals surface area contributed by atoms with E-state index in [1.807, 2.05) is 38.1 Å². The van der Waals surface area contributed by atoms with Crippen molar-refractivity contribution in [2.75, 3.05) is 26.2 Å². The molecule has 2 atom stereocenters. The number of hydrogen-bond acceptors (Lipinski definition) is 5. The number of likely N-dealkylation sites (tertiary alicyclic amines) is 1. The van der Waals surface area contributed by atoms with Crippen LogP contribution in [0.2, 0.25) is 0 Å². The second-order valence-electron chi connectivity index (χ2n) is 11.0. The summed E-state index contributed by atoms with van der Waals surface area (Å²) < 4.78 is 11.7. The maximum atomic E-state index is 13.1. The third-order valence-electron chi connectivity index (χ3n) is 7.71. The highest BCUT2D eigenvalue weighted by Crippen LogP contribution is 2.35. The summed E-state index contributed by atoms with van der Waals surface area (Å²) in [5, 5.41) is 12.4. The van der Waals surface area contributed by atoms with Crippen molar-refractivity contribution in [1.29, 1.82) is 0 Å². The molecule has 2 aromatic carbocycles. The van der Waals surface area contributed by atoms with Gasteiger partial charge in [0.1, 0.15) is 5.58 Å². The Bertz CT molecular complexity index is 1200. The number of carbonyl (C=O) groups is 1. The van der Waals surface area contributed by atoms with Crippen molar-refractivity contribution in [2.24, 2.45) is 0 Å². The predicted octanol–water partition coefficient (Wildman–Crippen LogP) is 5.29. The fourth-order valence-corrected chi connectivity index (χ4v) is 5.57. The molecule has 36 heavy (non-hydrogen) atoms. The lowest BCUT2D eigenvalue weighted by atomic mass is 9.84. The molecule has 0 saturated carbocycles. The van der Waals surface area contributed by atoms with Crippen molar-refractivity contribution in [3.8, 4) is 0 Å². The van der Waals surface area contributed by atoms with Crippen LogP contribution < -0.4 is 0 Å². The van der Waals surface area contributed by atoms with Crippen molar-refractivity contribution in [1.82, 2.24) is 9.80 Å². The number of nitrogens with zero attached hydrogens (tertiary/aromatic N) is 2. The molecule has 0 radical (unpaired) electrons. The van der Waals surface area contributed by atoms with Crippen molar-refractivity contribution in [3.63, 3.8) is 0 Å². The van der Waals surface area contributed by atoms with E-state index in [-0.39, 0.29) is 18.1 Å². The first-order chi connectivity index (χ1) is 17.2. The second-order valence-corrected chi connectivity index (χ2v) is 11.0. The Balaban J connectivity index is 1.25. The summed E-state index contributed by atoms with van der Waals surface area (Å²) >= 11 is 0. The number of amides is 1. The number of piperidine rings is 1. The highest BCUT2D eigenvalue weighted by molar-refractivity contribution is 5.96. The van der Waals surface area contributed by atoms with Crippen molar-refractivity contribution in [3.05, 3.63) is 71.0 Å². The van der Waals surface area contributed by atoms with E-state index in [9.17, 15) is 9.90 Å². The normalized spacial score (nSPS) is 22.9. The van der Waals surface area contributed by atoms with Gasteiger partial charge >= 0.3 is 0 Å². The number of ether oxygens (including phenoxy) is 1. The average molecular weight is 491 g/mol. The minimum absolute atomic E-state index is 0.00759. The standard InChI is InChI=1S/C30H38N2O4/c1-20(2)24-7-5-23(6-8-24)19-31-13-11-30(34,12-14-31)26-9-10-27-25(15-26)16-28(36-27)29(33)32-17-21(3)35-22(4)18-32/h5-10,15-16,20-22,34H,11-14,17-19H2,1-4H3/t21-,22+. The number of carbonyl (C=O) groups excluding carboxylic acids is 1. The molecular weight excluding hydrogens is 452 g/mol. The van der Waals surface area contributed by atoms with E-state index in [0.29, 0.717) is 43.2 Å². The van der Waals surface area contributed by atoms with E-state index in [1.165, 1.54) is 11.1 Å². The molecule has 1 N–H and O–H groups in total. The van der Waals surface area contributed by atoms with E-state index in [2.05, 4.69) is 43.0 Å². The third-order valence-corrected chi connectivity index (χ3v) is 7.71.